The Kier molecular flexibility index (Phi) is 12.9. The quantitative estimate of drug-likeness (QED) is 0.114. The van der Waals surface area contributed by atoms with Crippen molar-refractivity contribution in [3.63, 3.8) is 0 Å². The van der Waals surface area contributed by atoms with Gasteiger partial charge in [-0.1, -0.05) is 72.8 Å². The van der Waals surface area contributed by atoms with Crippen molar-refractivity contribution in [1.29, 1.82) is 0 Å². The summed E-state index contributed by atoms with van der Waals surface area (Å²) < 4.78 is 5.77. The molecule has 0 aliphatic heterocycles. The summed E-state index contributed by atoms with van der Waals surface area (Å²) in [7, 11) is 0. The Balaban J connectivity index is 1.38. The molecule has 0 spiro atoms. The van der Waals surface area contributed by atoms with E-state index in [1.165, 1.54) is 11.1 Å². The Morgan fingerprint density at radius 1 is 0.727 bits per heavy atom. The van der Waals surface area contributed by atoms with Crippen LogP contribution in [0.15, 0.2) is 103 Å². The summed E-state index contributed by atoms with van der Waals surface area (Å²) in [6.07, 6.45) is 7.03. The number of benzene rings is 4. The van der Waals surface area contributed by atoms with Crippen LogP contribution in [0.5, 0.6) is 5.75 Å². The van der Waals surface area contributed by atoms with Crippen LogP contribution in [0.1, 0.15) is 65.6 Å². The summed E-state index contributed by atoms with van der Waals surface area (Å²) in [4.78, 5) is 26.6. The average molecular weight is 593 g/mol. The van der Waals surface area contributed by atoms with Crippen molar-refractivity contribution in [2.24, 2.45) is 0 Å². The molecule has 0 unspecified atom stereocenters. The lowest BCUT2D eigenvalue weighted by atomic mass is 10.0. The number of carboxylic acids is 1. The van der Waals surface area contributed by atoms with Crippen LogP contribution in [0.4, 0.5) is 11.4 Å². The van der Waals surface area contributed by atoms with E-state index in [2.05, 4.69) is 83.0 Å². The second kappa shape index (κ2) is 17.5. The van der Waals surface area contributed by atoms with Gasteiger partial charge in [-0.2, -0.15) is 0 Å². The van der Waals surface area contributed by atoms with Crippen molar-refractivity contribution in [1.82, 2.24) is 0 Å². The van der Waals surface area contributed by atoms with E-state index in [9.17, 15) is 9.59 Å². The lowest BCUT2D eigenvalue weighted by molar-refractivity contribution is -0.137. The number of carbonyl (C=O) groups excluding carboxylic acids is 1. The number of carbonyl (C=O) groups is 2. The highest BCUT2D eigenvalue weighted by Crippen LogP contribution is 2.26. The van der Waals surface area contributed by atoms with Crippen molar-refractivity contribution in [2.75, 3.05) is 29.9 Å². The summed E-state index contributed by atoms with van der Waals surface area (Å²) in [5.74, 6) is -0.530. The number of aryl methyl sites for hydroxylation is 3. The molecule has 2 N–H and O–H groups in total. The largest absolute Gasteiger partial charge is 0.491 e. The maximum absolute atomic E-state index is 13.3. The highest BCUT2D eigenvalue weighted by molar-refractivity contribution is 6.06. The van der Waals surface area contributed by atoms with Crippen LogP contribution in [0.2, 0.25) is 0 Å². The number of nitrogens with zero attached hydrogens (tertiary/aromatic N) is 1. The van der Waals surface area contributed by atoms with Gasteiger partial charge in [-0.3, -0.25) is 9.59 Å². The van der Waals surface area contributed by atoms with E-state index in [0.717, 1.165) is 62.9 Å². The van der Waals surface area contributed by atoms with Crippen molar-refractivity contribution in [3.8, 4) is 5.75 Å². The minimum atomic E-state index is -0.855. The van der Waals surface area contributed by atoms with Gasteiger partial charge in [-0.25, -0.2) is 0 Å². The number of ether oxygens (including phenoxy) is 1. The maximum atomic E-state index is 13.3. The fourth-order valence-electron chi connectivity index (χ4n) is 5.31. The zero-order valence-electron chi connectivity index (χ0n) is 25.7. The molecule has 0 aromatic heterocycles. The molecule has 6 heteroatoms. The topological polar surface area (TPSA) is 78.9 Å². The Bertz CT molecular complexity index is 1410. The normalized spacial score (nSPS) is 10.8. The SMILES string of the molecule is Cc1cc(N(CCCCc2ccccc2)CCCCc2ccccc2)ccc1C(=O)Nc1ccccc1OCCCC(=O)O. The molecule has 1 amide bonds. The molecule has 44 heavy (non-hydrogen) atoms. The highest BCUT2D eigenvalue weighted by atomic mass is 16.5. The molecule has 4 rings (SSSR count). The van der Waals surface area contributed by atoms with Crippen LogP contribution in [-0.2, 0) is 17.6 Å². The highest BCUT2D eigenvalue weighted by Gasteiger charge is 2.15. The second-order valence-corrected chi connectivity index (χ2v) is 11.2. The number of anilines is 2. The minimum absolute atomic E-state index is 0.0388. The van der Waals surface area contributed by atoms with Crippen molar-refractivity contribution < 1.29 is 19.4 Å². The van der Waals surface area contributed by atoms with Crippen molar-refractivity contribution >= 4 is 23.3 Å². The Labute approximate surface area is 261 Å². The molecule has 230 valence electrons. The first kappa shape index (κ1) is 32.3. The fourth-order valence-corrected chi connectivity index (χ4v) is 5.31. The van der Waals surface area contributed by atoms with E-state index in [4.69, 9.17) is 9.84 Å². The average Bonchev–Trinajstić information content (AvgIpc) is 3.04. The Morgan fingerprint density at radius 3 is 1.91 bits per heavy atom. The van der Waals surface area contributed by atoms with Crippen LogP contribution in [-0.4, -0.2) is 36.7 Å². The third kappa shape index (κ3) is 10.6. The lowest BCUT2D eigenvalue weighted by Crippen LogP contribution is -2.26. The minimum Gasteiger partial charge on any atom is -0.491 e. The first-order chi connectivity index (χ1) is 21.5. The lowest BCUT2D eigenvalue weighted by Gasteiger charge is -2.26. The van der Waals surface area contributed by atoms with Gasteiger partial charge in [0.05, 0.1) is 12.3 Å². The molecule has 0 heterocycles. The summed E-state index contributed by atoms with van der Waals surface area (Å²) in [6.45, 7) is 4.18. The van der Waals surface area contributed by atoms with Gasteiger partial charge < -0.3 is 20.1 Å². The number of carboxylic acid groups (broad SMARTS) is 1. The van der Waals surface area contributed by atoms with Crippen molar-refractivity contribution in [3.05, 3.63) is 125 Å². The van der Waals surface area contributed by atoms with Gasteiger partial charge in [-0.15, -0.1) is 0 Å². The zero-order valence-corrected chi connectivity index (χ0v) is 25.7. The first-order valence-corrected chi connectivity index (χ1v) is 15.7. The van der Waals surface area contributed by atoms with E-state index < -0.39 is 5.97 Å². The van der Waals surface area contributed by atoms with Gasteiger partial charge in [0, 0.05) is 30.8 Å². The summed E-state index contributed by atoms with van der Waals surface area (Å²) >= 11 is 0. The van der Waals surface area contributed by atoms with Crippen LogP contribution in [0.25, 0.3) is 0 Å². The number of hydrogen-bond donors (Lipinski definition) is 2. The summed E-state index contributed by atoms with van der Waals surface area (Å²) in [5.41, 5.74) is 5.98. The maximum Gasteiger partial charge on any atom is 0.303 e. The molecule has 4 aromatic rings. The predicted octanol–water partition coefficient (Wildman–Crippen LogP) is 8.34. The molecule has 0 bridgehead atoms. The molecular formula is C38H44N2O4. The van der Waals surface area contributed by atoms with Gasteiger partial charge in [-0.05, 0) is 98.9 Å². The number of amides is 1. The summed E-state index contributed by atoms with van der Waals surface area (Å²) in [5, 5.41) is 11.9. The molecule has 6 nitrogen and oxygen atoms in total. The van der Waals surface area contributed by atoms with Crippen LogP contribution in [0.3, 0.4) is 0 Å². The monoisotopic (exact) mass is 592 g/mol. The zero-order chi connectivity index (χ0) is 31.0. The fraction of sp³-hybridized carbons (Fsp3) is 0.316. The van der Waals surface area contributed by atoms with Gasteiger partial charge in [0.1, 0.15) is 5.75 Å². The van der Waals surface area contributed by atoms with E-state index in [0.29, 0.717) is 23.4 Å². The van der Waals surface area contributed by atoms with E-state index in [1.807, 2.05) is 25.1 Å². The number of rotatable bonds is 18. The third-order valence-corrected chi connectivity index (χ3v) is 7.72. The standard InChI is InChI=1S/C38H44N2O4/c1-30-29-33(24-25-34(30)38(43)39-35-21-8-9-22-36(35)44-28-14-23-37(41)42)40(26-12-10-19-31-15-4-2-5-16-31)27-13-11-20-32-17-6-3-7-18-32/h2-9,15-18,21-22,24-25,29H,10-14,19-20,23,26-28H2,1H3,(H,39,43)(H,41,42). The van der Waals surface area contributed by atoms with Gasteiger partial charge in [0.15, 0.2) is 0 Å². The summed E-state index contributed by atoms with van der Waals surface area (Å²) in [6, 6.07) is 34.6. The Morgan fingerprint density at radius 2 is 1.32 bits per heavy atom. The molecule has 0 aliphatic rings. The third-order valence-electron chi connectivity index (χ3n) is 7.72. The smallest absolute Gasteiger partial charge is 0.303 e. The predicted molar refractivity (Wildman–Crippen MR) is 179 cm³/mol. The molecule has 4 aromatic carbocycles. The van der Waals surface area contributed by atoms with E-state index >= 15 is 0 Å². The first-order valence-electron chi connectivity index (χ1n) is 15.7. The van der Waals surface area contributed by atoms with E-state index in [1.54, 1.807) is 12.1 Å². The number of nitrogens with one attached hydrogen (secondary N) is 1. The molecule has 0 fully saturated rings. The van der Waals surface area contributed by atoms with Crippen molar-refractivity contribution in [2.45, 2.75) is 58.3 Å². The molecule has 0 atom stereocenters. The van der Waals surface area contributed by atoms with Crippen LogP contribution >= 0.6 is 0 Å². The number of para-hydroxylation sites is 2. The van der Waals surface area contributed by atoms with Gasteiger partial charge >= 0.3 is 5.97 Å². The van der Waals surface area contributed by atoms with Crippen LogP contribution < -0.4 is 15.0 Å². The number of aliphatic carboxylic acids is 1. The second-order valence-electron chi connectivity index (χ2n) is 11.2. The van der Waals surface area contributed by atoms with Gasteiger partial charge in [0.25, 0.3) is 5.91 Å². The van der Waals surface area contributed by atoms with E-state index in [-0.39, 0.29) is 18.9 Å². The Hall–Kier alpha value is -4.58. The molecule has 0 radical (unpaired) electrons. The van der Waals surface area contributed by atoms with Gasteiger partial charge in [0.2, 0.25) is 0 Å². The molecule has 0 saturated carbocycles. The molecule has 0 saturated heterocycles. The number of hydrogen-bond acceptors (Lipinski definition) is 4. The molecular weight excluding hydrogens is 548 g/mol. The van der Waals surface area contributed by atoms with Crippen LogP contribution in [0, 0.1) is 6.92 Å². The molecule has 0 aliphatic carbocycles. The number of unbranched alkanes of at least 4 members (excludes halogenated alkanes) is 2.